The number of hydrogen-bond acceptors (Lipinski definition) is 6. The van der Waals surface area contributed by atoms with Gasteiger partial charge in [0.05, 0.1) is 23.1 Å². The first kappa shape index (κ1) is 14.0. The second kappa shape index (κ2) is 5.09. The molecule has 2 heterocycles. The molecule has 0 saturated carbocycles. The van der Waals surface area contributed by atoms with Crippen molar-refractivity contribution in [2.24, 2.45) is 0 Å². The molecule has 0 saturated heterocycles. The lowest BCUT2D eigenvalue weighted by atomic mass is 9.80. The third-order valence-corrected chi connectivity index (χ3v) is 3.73. The summed E-state index contributed by atoms with van der Waals surface area (Å²) in [5.41, 5.74) is 4.43. The Morgan fingerprint density at radius 2 is 2.09 bits per heavy atom. The lowest BCUT2D eigenvalue weighted by Gasteiger charge is -2.27. The smallest absolute Gasteiger partial charge is 0.334 e. The van der Waals surface area contributed by atoms with Crippen LogP contribution in [0.4, 0.5) is 0 Å². The summed E-state index contributed by atoms with van der Waals surface area (Å²) in [7, 11) is 0. The first-order chi connectivity index (χ1) is 10.5. The van der Waals surface area contributed by atoms with E-state index < -0.39 is 11.9 Å². The van der Waals surface area contributed by atoms with Crippen LogP contribution in [0.3, 0.4) is 0 Å². The number of para-hydroxylation sites is 1. The number of carboxylic acids is 1. The number of nitriles is 1. The Bertz CT molecular complexity index is 773. The molecular weight excluding hydrogens is 286 g/mol. The zero-order valence-electron chi connectivity index (χ0n) is 11.9. The predicted molar refractivity (Wildman–Crippen MR) is 75.4 cm³/mol. The van der Waals surface area contributed by atoms with Crippen molar-refractivity contribution in [3.05, 3.63) is 46.3 Å². The number of aliphatic carboxylic acids is 1. The van der Waals surface area contributed by atoms with Crippen molar-refractivity contribution in [2.75, 3.05) is 0 Å². The normalized spacial score (nSPS) is 19.8. The molecule has 0 amide bonds. The number of carbonyl (C=O) groups is 1. The van der Waals surface area contributed by atoms with E-state index in [9.17, 15) is 15.2 Å². The average molecular weight is 299 g/mol. The molecule has 7 nitrogen and oxygen atoms in total. The van der Waals surface area contributed by atoms with E-state index in [-0.39, 0.29) is 5.57 Å². The molecule has 1 atom stereocenters. The molecule has 3 rings (SSSR count). The summed E-state index contributed by atoms with van der Waals surface area (Å²) in [5, 5.41) is 22.0. The van der Waals surface area contributed by atoms with Gasteiger partial charge in [-0.15, -0.1) is 0 Å². The number of rotatable bonds is 2. The van der Waals surface area contributed by atoms with Gasteiger partial charge in [-0.25, -0.2) is 4.79 Å². The van der Waals surface area contributed by atoms with Crippen molar-refractivity contribution >= 4 is 5.97 Å². The molecule has 2 aliphatic rings. The fourth-order valence-electron chi connectivity index (χ4n) is 2.79. The van der Waals surface area contributed by atoms with Crippen LogP contribution in [0.2, 0.25) is 0 Å². The maximum Gasteiger partial charge on any atom is 0.334 e. The third kappa shape index (κ3) is 1.98. The highest BCUT2D eigenvalue weighted by Crippen LogP contribution is 2.45. The van der Waals surface area contributed by atoms with Gasteiger partial charge in [-0.3, -0.25) is 0 Å². The molecule has 22 heavy (non-hydrogen) atoms. The Kier molecular flexibility index (Phi) is 3.23. The van der Waals surface area contributed by atoms with Crippen molar-refractivity contribution in [2.45, 2.75) is 19.8 Å². The van der Waals surface area contributed by atoms with Gasteiger partial charge in [0.1, 0.15) is 0 Å². The van der Waals surface area contributed by atoms with Crippen molar-refractivity contribution in [3.63, 3.8) is 0 Å². The van der Waals surface area contributed by atoms with Gasteiger partial charge in [0.25, 0.3) is 0 Å². The largest absolute Gasteiger partial charge is 0.478 e. The molecule has 0 aromatic heterocycles. The van der Waals surface area contributed by atoms with Crippen molar-refractivity contribution in [1.29, 1.82) is 5.26 Å². The monoisotopic (exact) mass is 299 g/mol. The minimum atomic E-state index is -1.08. The number of fused-ring (bicyclic) bond motifs is 1. The van der Waals surface area contributed by atoms with Crippen molar-refractivity contribution in [1.82, 2.24) is 11.0 Å². The van der Waals surface area contributed by atoms with Gasteiger partial charge < -0.3 is 20.1 Å². The molecule has 1 aromatic rings. The zero-order valence-corrected chi connectivity index (χ0v) is 11.9. The quantitative estimate of drug-likeness (QED) is 0.763. The van der Waals surface area contributed by atoms with Crippen molar-refractivity contribution in [3.8, 4) is 17.6 Å². The van der Waals surface area contributed by atoms with Crippen LogP contribution in [-0.4, -0.2) is 11.1 Å². The summed E-state index contributed by atoms with van der Waals surface area (Å²) in [4.78, 5) is 22.0. The number of dihydropyridines is 1. The lowest BCUT2D eigenvalue weighted by molar-refractivity contribution is -0.133. The molecule has 1 unspecified atom stereocenters. The number of carboxylic acid groups (broad SMARTS) is 1. The molecule has 0 fully saturated rings. The van der Waals surface area contributed by atoms with E-state index in [2.05, 4.69) is 17.0 Å². The maximum absolute atomic E-state index is 11.7. The number of allylic oxidation sites excluding steroid dienone is 3. The van der Waals surface area contributed by atoms with Crippen LogP contribution in [0.1, 0.15) is 25.3 Å². The predicted octanol–water partition coefficient (Wildman–Crippen LogP) is 1.72. The highest BCUT2D eigenvalue weighted by Gasteiger charge is 2.36. The Balaban J connectivity index is 2.25. The van der Waals surface area contributed by atoms with E-state index in [4.69, 9.17) is 9.68 Å². The SMILES string of the molecule is CC1=C(C#N)C(c2cccc3c2ONO3)C(C(=O)O)=C(C)N1. The van der Waals surface area contributed by atoms with E-state index in [1.165, 1.54) is 0 Å². The van der Waals surface area contributed by atoms with E-state index in [0.717, 1.165) is 0 Å². The van der Waals surface area contributed by atoms with E-state index in [1.807, 2.05) is 0 Å². The van der Waals surface area contributed by atoms with Crippen LogP contribution < -0.4 is 20.6 Å². The molecular formula is C15H13N3O4. The molecule has 0 radical (unpaired) electrons. The minimum absolute atomic E-state index is 0.117. The topological polar surface area (TPSA) is 104 Å². The first-order valence-corrected chi connectivity index (χ1v) is 6.58. The third-order valence-electron chi connectivity index (χ3n) is 3.73. The summed E-state index contributed by atoms with van der Waals surface area (Å²) in [5.74, 6) is -0.961. The fourth-order valence-corrected chi connectivity index (χ4v) is 2.79. The Morgan fingerprint density at radius 1 is 1.32 bits per heavy atom. The molecule has 0 bridgehead atoms. The van der Waals surface area contributed by atoms with Crippen LogP contribution in [0.15, 0.2) is 40.7 Å². The highest BCUT2D eigenvalue weighted by molar-refractivity contribution is 5.91. The summed E-state index contributed by atoms with van der Waals surface area (Å²) in [6.07, 6.45) is 0. The van der Waals surface area contributed by atoms with Gasteiger partial charge in [-0.2, -0.15) is 5.26 Å². The molecule has 2 aliphatic heterocycles. The van der Waals surface area contributed by atoms with Crippen LogP contribution in [0.5, 0.6) is 11.5 Å². The van der Waals surface area contributed by atoms with Gasteiger partial charge in [-0.05, 0) is 19.9 Å². The van der Waals surface area contributed by atoms with Crippen LogP contribution in [-0.2, 0) is 4.79 Å². The Hall–Kier alpha value is -2.98. The average Bonchev–Trinajstić information content (AvgIpc) is 2.94. The van der Waals surface area contributed by atoms with Gasteiger partial charge in [0.2, 0.25) is 0 Å². The summed E-state index contributed by atoms with van der Waals surface area (Å²) < 4.78 is 0. The van der Waals surface area contributed by atoms with Gasteiger partial charge in [0, 0.05) is 22.6 Å². The second-order valence-corrected chi connectivity index (χ2v) is 5.01. The van der Waals surface area contributed by atoms with Crippen LogP contribution in [0.25, 0.3) is 0 Å². The Morgan fingerprint density at radius 3 is 2.77 bits per heavy atom. The molecule has 1 aromatic carbocycles. The molecule has 112 valence electrons. The fraction of sp³-hybridized carbons (Fsp3) is 0.200. The summed E-state index contributed by atoms with van der Waals surface area (Å²) >= 11 is 0. The van der Waals surface area contributed by atoms with E-state index >= 15 is 0 Å². The molecule has 0 aliphatic carbocycles. The molecule has 7 heteroatoms. The van der Waals surface area contributed by atoms with Crippen molar-refractivity contribution < 1.29 is 19.6 Å². The summed E-state index contributed by atoms with van der Waals surface area (Å²) in [6, 6.07) is 7.25. The molecule has 3 N–H and O–H groups in total. The number of benzene rings is 1. The van der Waals surface area contributed by atoms with E-state index in [1.54, 1.807) is 32.0 Å². The van der Waals surface area contributed by atoms with Gasteiger partial charge >= 0.3 is 5.97 Å². The Labute approximate surface area is 126 Å². The number of hydrogen-bond donors (Lipinski definition) is 3. The van der Waals surface area contributed by atoms with Crippen LogP contribution >= 0.6 is 0 Å². The van der Waals surface area contributed by atoms with Gasteiger partial charge in [-0.1, -0.05) is 12.1 Å². The second-order valence-electron chi connectivity index (χ2n) is 5.01. The minimum Gasteiger partial charge on any atom is -0.478 e. The van der Waals surface area contributed by atoms with Crippen LogP contribution in [0, 0.1) is 11.3 Å². The standard InChI is InChI=1S/C15H13N3O4/c1-7-10(6-16)13(12(15(19)20)8(2)17-7)9-4-3-5-11-14(9)22-18-21-11/h3-5,13,17-18H,1-2H3,(H,19,20). The lowest BCUT2D eigenvalue weighted by Crippen LogP contribution is -2.27. The molecule has 0 spiro atoms. The maximum atomic E-state index is 11.7. The summed E-state index contributed by atoms with van der Waals surface area (Å²) in [6.45, 7) is 3.42. The number of nitrogens with one attached hydrogen (secondary N) is 2. The first-order valence-electron chi connectivity index (χ1n) is 6.58. The van der Waals surface area contributed by atoms with E-state index in [0.29, 0.717) is 34.0 Å². The highest BCUT2D eigenvalue weighted by atomic mass is 16.9. The number of nitrogens with zero attached hydrogens (tertiary/aromatic N) is 1. The zero-order chi connectivity index (χ0) is 15.9. The van der Waals surface area contributed by atoms with Gasteiger partial charge in [0.15, 0.2) is 11.5 Å².